The molecule has 3 rings (SSSR count). The van der Waals surface area contributed by atoms with E-state index in [1.165, 1.54) is 12.8 Å². The minimum atomic E-state index is 0.0142. The molecule has 0 aromatic heterocycles. The summed E-state index contributed by atoms with van der Waals surface area (Å²) in [6.07, 6.45) is 2.47. The summed E-state index contributed by atoms with van der Waals surface area (Å²) in [5, 5.41) is 8.82. The standard InChI is InChI=1S/C18H22N2O/c1-13-5-4-10-19-17(13)12-20-18(21)16-9-8-14-6-2-3-7-15(14)11-16/h2-3,6-9,11,13,17,19H,4-5,10,12H2,1H3,(H,20,21). The number of nitrogens with one attached hydrogen (secondary N) is 2. The molecule has 110 valence electrons. The van der Waals surface area contributed by atoms with E-state index in [1.807, 2.05) is 36.4 Å². The van der Waals surface area contributed by atoms with Crippen molar-refractivity contribution in [1.82, 2.24) is 10.6 Å². The van der Waals surface area contributed by atoms with E-state index in [2.05, 4.69) is 23.6 Å². The third-order valence-electron chi connectivity index (χ3n) is 4.42. The van der Waals surface area contributed by atoms with Crippen LogP contribution in [-0.2, 0) is 0 Å². The molecule has 0 bridgehead atoms. The quantitative estimate of drug-likeness (QED) is 0.908. The maximum absolute atomic E-state index is 12.3. The molecule has 1 fully saturated rings. The lowest BCUT2D eigenvalue weighted by Crippen LogP contribution is -2.47. The molecule has 2 aromatic carbocycles. The maximum Gasteiger partial charge on any atom is 0.251 e. The fourth-order valence-corrected chi connectivity index (χ4v) is 3.02. The van der Waals surface area contributed by atoms with Crippen LogP contribution in [0.3, 0.4) is 0 Å². The number of carbonyl (C=O) groups is 1. The predicted molar refractivity (Wildman–Crippen MR) is 86.5 cm³/mol. The summed E-state index contributed by atoms with van der Waals surface area (Å²) in [5.74, 6) is 0.635. The molecule has 1 heterocycles. The highest BCUT2D eigenvalue weighted by Crippen LogP contribution is 2.17. The Morgan fingerprint density at radius 3 is 2.86 bits per heavy atom. The van der Waals surface area contributed by atoms with Crippen LogP contribution in [0.15, 0.2) is 42.5 Å². The van der Waals surface area contributed by atoms with Crippen molar-refractivity contribution in [3.05, 3.63) is 48.0 Å². The Labute approximate surface area is 125 Å². The largest absolute Gasteiger partial charge is 0.350 e. The van der Waals surface area contributed by atoms with Gasteiger partial charge in [-0.15, -0.1) is 0 Å². The maximum atomic E-state index is 12.3. The lowest BCUT2D eigenvalue weighted by molar-refractivity contribution is 0.0944. The Kier molecular flexibility index (Phi) is 4.20. The second-order valence-electron chi connectivity index (χ2n) is 5.95. The van der Waals surface area contributed by atoms with Crippen molar-refractivity contribution in [3.8, 4) is 0 Å². The summed E-state index contributed by atoms with van der Waals surface area (Å²) in [6, 6.07) is 14.4. The van der Waals surface area contributed by atoms with Gasteiger partial charge in [0.15, 0.2) is 0 Å². The Balaban J connectivity index is 1.66. The highest BCUT2D eigenvalue weighted by molar-refractivity contribution is 5.98. The highest BCUT2D eigenvalue weighted by atomic mass is 16.1. The Morgan fingerprint density at radius 1 is 1.24 bits per heavy atom. The van der Waals surface area contributed by atoms with Crippen LogP contribution in [0.25, 0.3) is 10.8 Å². The van der Waals surface area contributed by atoms with Crippen LogP contribution >= 0.6 is 0 Å². The van der Waals surface area contributed by atoms with Crippen LogP contribution in [0.4, 0.5) is 0 Å². The topological polar surface area (TPSA) is 41.1 Å². The lowest BCUT2D eigenvalue weighted by atomic mass is 9.93. The van der Waals surface area contributed by atoms with Crippen LogP contribution < -0.4 is 10.6 Å². The third-order valence-corrected chi connectivity index (χ3v) is 4.42. The molecule has 2 N–H and O–H groups in total. The molecular weight excluding hydrogens is 260 g/mol. The number of fused-ring (bicyclic) bond motifs is 1. The Bertz CT molecular complexity index is 638. The van der Waals surface area contributed by atoms with Gasteiger partial charge >= 0.3 is 0 Å². The second-order valence-corrected chi connectivity index (χ2v) is 5.95. The van der Waals surface area contributed by atoms with Crippen molar-refractivity contribution < 1.29 is 4.79 Å². The molecule has 2 unspecified atom stereocenters. The zero-order chi connectivity index (χ0) is 14.7. The molecule has 3 nitrogen and oxygen atoms in total. The Morgan fingerprint density at radius 2 is 2.05 bits per heavy atom. The summed E-state index contributed by atoms with van der Waals surface area (Å²) in [4.78, 5) is 12.3. The zero-order valence-electron chi connectivity index (χ0n) is 12.4. The molecule has 1 aliphatic heterocycles. The number of rotatable bonds is 3. The van der Waals surface area contributed by atoms with Crippen molar-refractivity contribution in [2.24, 2.45) is 5.92 Å². The van der Waals surface area contributed by atoms with Gasteiger partial charge in [0, 0.05) is 18.2 Å². The van der Waals surface area contributed by atoms with Crippen LogP contribution in [0.5, 0.6) is 0 Å². The zero-order valence-corrected chi connectivity index (χ0v) is 12.4. The molecule has 21 heavy (non-hydrogen) atoms. The number of hydrogen-bond acceptors (Lipinski definition) is 2. The van der Waals surface area contributed by atoms with E-state index in [9.17, 15) is 4.79 Å². The number of hydrogen-bond donors (Lipinski definition) is 2. The van der Waals surface area contributed by atoms with Gasteiger partial charge in [-0.05, 0) is 48.2 Å². The summed E-state index contributed by atoms with van der Waals surface area (Å²) < 4.78 is 0. The summed E-state index contributed by atoms with van der Waals surface area (Å²) in [7, 11) is 0. The minimum absolute atomic E-state index is 0.0142. The first-order valence-electron chi connectivity index (χ1n) is 7.74. The van der Waals surface area contributed by atoms with E-state index in [0.717, 1.165) is 22.9 Å². The molecular formula is C18H22N2O. The molecule has 0 aliphatic carbocycles. The van der Waals surface area contributed by atoms with Gasteiger partial charge in [0.05, 0.1) is 0 Å². The summed E-state index contributed by atoms with van der Waals surface area (Å²) in [5.41, 5.74) is 0.733. The van der Waals surface area contributed by atoms with Gasteiger partial charge in [-0.2, -0.15) is 0 Å². The van der Waals surface area contributed by atoms with Crippen molar-refractivity contribution in [3.63, 3.8) is 0 Å². The van der Waals surface area contributed by atoms with Gasteiger partial charge in [0.1, 0.15) is 0 Å². The smallest absolute Gasteiger partial charge is 0.251 e. The van der Waals surface area contributed by atoms with Crippen LogP contribution in [0.1, 0.15) is 30.1 Å². The fraction of sp³-hybridized carbons (Fsp3) is 0.389. The van der Waals surface area contributed by atoms with E-state index in [-0.39, 0.29) is 5.91 Å². The van der Waals surface area contributed by atoms with Gasteiger partial charge < -0.3 is 10.6 Å². The normalized spacial score (nSPS) is 22.1. The Hall–Kier alpha value is -1.87. The average molecular weight is 282 g/mol. The molecule has 2 atom stereocenters. The molecule has 3 heteroatoms. The van der Waals surface area contributed by atoms with Crippen LogP contribution in [-0.4, -0.2) is 25.0 Å². The first kappa shape index (κ1) is 14.1. The van der Waals surface area contributed by atoms with E-state index in [1.54, 1.807) is 0 Å². The van der Waals surface area contributed by atoms with Gasteiger partial charge in [0.25, 0.3) is 5.91 Å². The average Bonchev–Trinajstić information content (AvgIpc) is 2.53. The van der Waals surface area contributed by atoms with Crippen LogP contribution in [0, 0.1) is 5.92 Å². The minimum Gasteiger partial charge on any atom is -0.350 e. The lowest BCUT2D eigenvalue weighted by Gasteiger charge is -2.30. The van der Waals surface area contributed by atoms with Crippen molar-refractivity contribution in [2.75, 3.05) is 13.1 Å². The number of amides is 1. The summed E-state index contributed by atoms with van der Waals surface area (Å²) >= 11 is 0. The predicted octanol–water partition coefficient (Wildman–Crippen LogP) is 2.96. The van der Waals surface area contributed by atoms with Crippen molar-refractivity contribution in [2.45, 2.75) is 25.8 Å². The monoisotopic (exact) mass is 282 g/mol. The van der Waals surface area contributed by atoms with E-state index in [0.29, 0.717) is 18.5 Å². The third kappa shape index (κ3) is 3.24. The van der Waals surface area contributed by atoms with E-state index in [4.69, 9.17) is 0 Å². The molecule has 0 saturated carbocycles. The first-order valence-corrected chi connectivity index (χ1v) is 7.74. The molecule has 1 amide bonds. The van der Waals surface area contributed by atoms with Gasteiger partial charge in [-0.3, -0.25) is 4.79 Å². The first-order chi connectivity index (χ1) is 10.2. The van der Waals surface area contributed by atoms with Gasteiger partial charge in [-0.1, -0.05) is 37.3 Å². The van der Waals surface area contributed by atoms with Gasteiger partial charge in [-0.25, -0.2) is 0 Å². The molecule has 1 aliphatic rings. The summed E-state index contributed by atoms with van der Waals surface area (Å²) in [6.45, 7) is 4.01. The molecule has 0 radical (unpaired) electrons. The van der Waals surface area contributed by atoms with E-state index >= 15 is 0 Å². The molecule has 1 saturated heterocycles. The highest BCUT2D eigenvalue weighted by Gasteiger charge is 2.21. The SMILES string of the molecule is CC1CCCNC1CNC(=O)c1ccc2ccccc2c1. The molecule has 0 spiro atoms. The van der Waals surface area contributed by atoms with Gasteiger partial charge in [0.2, 0.25) is 0 Å². The fourth-order valence-electron chi connectivity index (χ4n) is 3.02. The number of piperidine rings is 1. The second kappa shape index (κ2) is 6.27. The number of benzene rings is 2. The number of carbonyl (C=O) groups excluding carboxylic acids is 1. The van der Waals surface area contributed by atoms with Crippen molar-refractivity contribution in [1.29, 1.82) is 0 Å². The van der Waals surface area contributed by atoms with E-state index < -0.39 is 0 Å². The van der Waals surface area contributed by atoms with Crippen molar-refractivity contribution >= 4 is 16.7 Å². The molecule has 2 aromatic rings. The van der Waals surface area contributed by atoms with Crippen LogP contribution in [0.2, 0.25) is 0 Å².